The number of hydrogen-bond donors (Lipinski definition) is 1. The van der Waals surface area contributed by atoms with E-state index in [1.165, 1.54) is 28.8 Å². The van der Waals surface area contributed by atoms with Crippen LogP contribution < -0.4 is 5.73 Å². The molecule has 2 nitrogen and oxygen atoms in total. The van der Waals surface area contributed by atoms with Crippen molar-refractivity contribution in [1.82, 2.24) is 4.90 Å². The van der Waals surface area contributed by atoms with E-state index in [4.69, 9.17) is 5.73 Å². The highest BCUT2D eigenvalue weighted by Crippen LogP contribution is 2.24. The number of nitrogens with zero attached hydrogens (tertiary/aromatic N) is 1. The third-order valence-electron chi connectivity index (χ3n) is 3.65. The number of benzene rings is 2. The fourth-order valence-corrected chi connectivity index (χ4v) is 2.58. The third kappa shape index (κ3) is 2.76. The molecule has 0 bridgehead atoms. The van der Waals surface area contributed by atoms with E-state index in [0.717, 1.165) is 31.7 Å². The Balaban J connectivity index is 1.60. The Bertz CT molecular complexity index is 578. The van der Waals surface area contributed by atoms with Gasteiger partial charge in [-0.1, -0.05) is 18.2 Å². The summed E-state index contributed by atoms with van der Waals surface area (Å²) in [6.45, 7) is 2.93. The predicted octanol–water partition coefficient (Wildman–Crippen LogP) is 2.97. The number of nitrogen functional groups attached to an aromatic ring is 1. The first-order chi connectivity index (χ1) is 9.20. The average Bonchev–Trinajstić information content (AvgIpc) is 2.80. The van der Waals surface area contributed by atoms with Gasteiger partial charge in [0, 0.05) is 25.3 Å². The highest BCUT2D eigenvalue weighted by atomic mass is 19.1. The quantitative estimate of drug-likeness (QED) is 0.855. The van der Waals surface area contributed by atoms with Gasteiger partial charge in [-0.2, -0.15) is 0 Å². The summed E-state index contributed by atoms with van der Waals surface area (Å²) in [5, 5.41) is 0. The minimum Gasteiger partial charge on any atom is -0.399 e. The van der Waals surface area contributed by atoms with Crippen LogP contribution in [-0.2, 0) is 19.5 Å². The summed E-state index contributed by atoms with van der Waals surface area (Å²) in [4.78, 5) is 2.40. The Morgan fingerprint density at radius 2 is 1.74 bits per heavy atom. The number of fused-ring (bicyclic) bond motifs is 1. The SMILES string of the molecule is Nc1ccc2c(c1)CN(CCc1ccc(F)cc1)C2. The molecule has 1 aliphatic heterocycles. The lowest BCUT2D eigenvalue weighted by atomic mass is 10.1. The molecule has 98 valence electrons. The fraction of sp³-hybridized carbons (Fsp3) is 0.250. The van der Waals surface area contributed by atoms with Gasteiger partial charge in [0.25, 0.3) is 0 Å². The molecule has 0 aromatic heterocycles. The van der Waals surface area contributed by atoms with Crippen LogP contribution >= 0.6 is 0 Å². The van der Waals surface area contributed by atoms with Crippen LogP contribution in [0.15, 0.2) is 42.5 Å². The van der Waals surface area contributed by atoms with E-state index in [0.29, 0.717) is 0 Å². The highest BCUT2D eigenvalue weighted by Gasteiger charge is 2.18. The van der Waals surface area contributed by atoms with Crippen molar-refractivity contribution >= 4 is 5.69 Å². The number of hydrogen-bond acceptors (Lipinski definition) is 2. The average molecular weight is 256 g/mol. The maximum absolute atomic E-state index is 12.8. The van der Waals surface area contributed by atoms with Gasteiger partial charge in [-0.3, -0.25) is 4.90 Å². The van der Waals surface area contributed by atoms with Gasteiger partial charge in [0.15, 0.2) is 0 Å². The lowest BCUT2D eigenvalue weighted by Gasteiger charge is -2.14. The minimum absolute atomic E-state index is 0.173. The van der Waals surface area contributed by atoms with E-state index in [-0.39, 0.29) is 5.82 Å². The summed E-state index contributed by atoms with van der Waals surface area (Å²) in [6.07, 6.45) is 0.948. The van der Waals surface area contributed by atoms with Gasteiger partial charge >= 0.3 is 0 Å². The highest BCUT2D eigenvalue weighted by molar-refractivity contribution is 5.46. The predicted molar refractivity (Wildman–Crippen MR) is 75.1 cm³/mol. The Labute approximate surface area is 112 Å². The molecule has 2 aromatic carbocycles. The van der Waals surface area contributed by atoms with Crippen molar-refractivity contribution < 1.29 is 4.39 Å². The third-order valence-corrected chi connectivity index (χ3v) is 3.65. The topological polar surface area (TPSA) is 29.3 Å². The monoisotopic (exact) mass is 256 g/mol. The van der Waals surface area contributed by atoms with E-state index in [1.807, 2.05) is 18.2 Å². The summed E-state index contributed by atoms with van der Waals surface area (Å²) in [7, 11) is 0. The molecule has 0 spiro atoms. The zero-order chi connectivity index (χ0) is 13.2. The van der Waals surface area contributed by atoms with Gasteiger partial charge < -0.3 is 5.73 Å². The van der Waals surface area contributed by atoms with Gasteiger partial charge in [-0.05, 0) is 47.4 Å². The largest absolute Gasteiger partial charge is 0.399 e. The molecule has 1 heterocycles. The van der Waals surface area contributed by atoms with Gasteiger partial charge in [-0.15, -0.1) is 0 Å². The second-order valence-electron chi connectivity index (χ2n) is 5.12. The lowest BCUT2D eigenvalue weighted by molar-refractivity contribution is 0.288. The number of halogens is 1. The van der Waals surface area contributed by atoms with E-state index >= 15 is 0 Å². The first-order valence-electron chi connectivity index (χ1n) is 6.55. The van der Waals surface area contributed by atoms with Crippen molar-refractivity contribution in [2.75, 3.05) is 12.3 Å². The zero-order valence-electron chi connectivity index (χ0n) is 10.8. The first-order valence-corrected chi connectivity index (χ1v) is 6.55. The lowest BCUT2D eigenvalue weighted by Crippen LogP contribution is -2.19. The fourth-order valence-electron chi connectivity index (χ4n) is 2.58. The normalized spacial score (nSPS) is 14.6. The van der Waals surface area contributed by atoms with E-state index in [2.05, 4.69) is 17.0 Å². The second-order valence-corrected chi connectivity index (χ2v) is 5.12. The first kappa shape index (κ1) is 12.2. The van der Waals surface area contributed by atoms with E-state index in [9.17, 15) is 4.39 Å². The molecule has 19 heavy (non-hydrogen) atoms. The summed E-state index contributed by atoms with van der Waals surface area (Å²) < 4.78 is 12.8. The van der Waals surface area contributed by atoms with Crippen LogP contribution in [0.25, 0.3) is 0 Å². The standard InChI is InChI=1S/C16H17FN2/c17-15-4-1-12(2-5-15)7-8-19-10-13-3-6-16(18)9-14(13)11-19/h1-6,9H,7-8,10-11,18H2. The Morgan fingerprint density at radius 1 is 1.00 bits per heavy atom. The smallest absolute Gasteiger partial charge is 0.123 e. The maximum atomic E-state index is 12.8. The summed E-state index contributed by atoms with van der Waals surface area (Å²) in [5.41, 5.74) is 10.5. The number of rotatable bonds is 3. The summed E-state index contributed by atoms with van der Waals surface area (Å²) in [6, 6.07) is 12.9. The molecule has 0 unspecified atom stereocenters. The van der Waals surface area contributed by atoms with E-state index < -0.39 is 0 Å². The van der Waals surface area contributed by atoms with E-state index in [1.54, 1.807) is 0 Å². The molecule has 0 atom stereocenters. The van der Waals surface area contributed by atoms with Crippen LogP contribution in [0, 0.1) is 5.82 Å². The number of nitrogens with two attached hydrogens (primary N) is 1. The molecule has 1 aliphatic rings. The van der Waals surface area contributed by atoms with Gasteiger partial charge in [-0.25, -0.2) is 4.39 Å². The minimum atomic E-state index is -0.173. The molecule has 2 N–H and O–H groups in total. The van der Waals surface area contributed by atoms with Crippen molar-refractivity contribution in [2.24, 2.45) is 0 Å². The van der Waals surface area contributed by atoms with Crippen LogP contribution in [0.3, 0.4) is 0 Å². The maximum Gasteiger partial charge on any atom is 0.123 e. The molecule has 0 saturated heterocycles. The van der Waals surface area contributed by atoms with Crippen LogP contribution in [0.4, 0.5) is 10.1 Å². The molecular weight excluding hydrogens is 239 g/mol. The molecule has 3 heteroatoms. The van der Waals surface area contributed by atoms with Crippen molar-refractivity contribution in [2.45, 2.75) is 19.5 Å². The molecule has 0 saturated carbocycles. The van der Waals surface area contributed by atoms with Crippen molar-refractivity contribution in [3.05, 3.63) is 65.0 Å². The van der Waals surface area contributed by atoms with Gasteiger partial charge in [0.05, 0.1) is 0 Å². The van der Waals surface area contributed by atoms with Crippen LogP contribution in [0.2, 0.25) is 0 Å². The molecule has 0 fully saturated rings. The van der Waals surface area contributed by atoms with Crippen LogP contribution in [0.1, 0.15) is 16.7 Å². The van der Waals surface area contributed by atoms with Gasteiger partial charge in [0.2, 0.25) is 0 Å². The Kier molecular flexibility index (Phi) is 3.22. The molecule has 3 rings (SSSR count). The van der Waals surface area contributed by atoms with Crippen molar-refractivity contribution in [1.29, 1.82) is 0 Å². The second kappa shape index (κ2) is 5.02. The summed E-state index contributed by atoms with van der Waals surface area (Å²) in [5.74, 6) is -0.173. The molecule has 2 aromatic rings. The molecular formula is C16H17FN2. The Hall–Kier alpha value is -1.87. The number of anilines is 1. The molecule has 0 radical (unpaired) electrons. The van der Waals surface area contributed by atoms with Crippen LogP contribution in [0.5, 0.6) is 0 Å². The summed E-state index contributed by atoms with van der Waals surface area (Å²) >= 11 is 0. The van der Waals surface area contributed by atoms with Crippen molar-refractivity contribution in [3.63, 3.8) is 0 Å². The van der Waals surface area contributed by atoms with Gasteiger partial charge in [0.1, 0.15) is 5.82 Å². The Morgan fingerprint density at radius 3 is 2.53 bits per heavy atom. The zero-order valence-corrected chi connectivity index (χ0v) is 10.8. The van der Waals surface area contributed by atoms with Crippen molar-refractivity contribution in [3.8, 4) is 0 Å². The molecule has 0 aliphatic carbocycles. The van der Waals surface area contributed by atoms with Crippen LogP contribution in [-0.4, -0.2) is 11.4 Å². The molecule has 0 amide bonds.